The lowest BCUT2D eigenvalue weighted by Crippen LogP contribution is -2.82. The van der Waals surface area contributed by atoms with E-state index in [2.05, 4.69) is 11.8 Å². The van der Waals surface area contributed by atoms with Crippen LogP contribution in [0, 0.1) is 34.5 Å². The molecule has 33 heavy (non-hydrogen) atoms. The van der Waals surface area contributed by atoms with Crippen LogP contribution in [0.25, 0.3) is 0 Å². The number of hydrogen-bond acceptors (Lipinski definition) is 8. The summed E-state index contributed by atoms with van der Waals surface area (Å²) in [6.45, 7) is 4.28. The Morgan fingerprint density at radius 3 is 2.42 bits per heavy atom. The fraction of sp³-hybridized carbons (Fsp3) is 1.00. The number of piperidine rings is 1. The number of hydrogen-bond donors (Lipinski definition) is 3. The van der Waals surface area contributed by atoms with Gasteiger partial charge < -0.3 is 34.3 Å². The van der Waals surface area contributed by atoms with Gasteiger partial charge >= 0.3 is 0 Å². The monoisotopic (exact) mass is 467 g/mol. The van der Waals surface area contributed by atoms with Crippen LogP contribution < -0.4 is 0 Å². The molecule has 8 nitrogen and oxygen atoms in total. The summed E-state index contributed by atoms with van der Waals surface area (Å²) in [6, 6.07) is -0.312. The summed E-state index contributed by atoms with van der Waals surface area (Å²) >= 11 is 0. The third-order valence-corrected chi connectivity index (χ3v) is 11.5. The van der Waals surface area contributed by atoms with Gasteiger partial charge in [0.15, 0.2) is 0 Å². The molecule has 1 saturated heterocycles. The quantitative estimate of drug-likeness (QED) is 0.512. The van der Waals surface area contributed by atoms with Gasteiger partial charge in [0.25, 0.3) is 0 Å². The standard InChI is InChI=1S/C25H41NO7/c1-6-26-11-22(12-30-2)8-7-16(32-4)24-14-9-13-15(31-3)10-23(28,17(14)18(13)27)25(29,21(24)26)20(33-5)19(22)24/h13-21,27-29H,6-12H2,1-5H3/t13-,14-,15+,16+,17?,18+,19-,20+,21?,22+,23-,24+,25+/m1/s1. The molecule has 8 heteroatoms. The first-order valence-corrected chi connectivity index (χ1v) is 12.7. The second kappa shape index (κ2) is 7.13. The SMILES string of the molecule is CCN1C[C@]2(COC)CC[C@H](OC)[C@]34C1[C@@](O)([C@@H](OC)[C@H]23)[C@@]1(O)C[C@H](OC)[C@H]2C[C@@H]4C1[C@H]2O. The van der Waals surface area contributed by atoms with E-state index in [1.165, 1.54) is 0 Å². The number of aliphatic hydroxyl groups is 3. The maximum atomic E-state index is 12.9. The molecule has 1 aliphatic heterocycles. The first kappa shape index (κ1) is 23.1. The number of nitrogens with zero attached hydrogens (tertiary/aromatic N) is 1. The summed E-state index contributed by atoms with van der Waals surface area (Å²) in [4.78, 5) is 2.38. The van der Waals surface area contributed by atoms with Crippen molar-refractivity contribution in [3.8, 4) is 0 Å². The topological polar surface area (TPSA) is 101 Å². The van der Waals surface area contributed by atoms with E-state index in [1.54, 1.807) is 28.4 Å². The summed E-state index contributed by atoms with van der Waals surface area (Å²) in [5, 5.41) is 37.1. The van der Waals surface area contributed by atoms with Gasteiger partial charge in [-0.1, -0.05) is 6.92 Å². The second-order valence-electron chi connectivity index (χ2n) is 11.9. The highest BCUT2D eigenvalue weighted by atomic mass is 16.5. The zero-order chi connectivity index (χ0) is 23.6. The molecule has 0 aromatic carbocycles. The molecule has 7 bridgehead atoms. The van der Waals surface area contributed by atoms with Crippen molar-refractivity contribution >= 4 is 0 Å². The van der Waals surface area contributed by atoms with Crippen LogP contribution in [0.1, 0.15) is 32.6 Å². The molecule has 6 fully saturated rings. The normalized spacial score (nSPS) is 60.9. The van der Waals surface area contributed by atoms with Crippen molar-refractivity contribution in [1.82, 2.24) is 4.90 Å². The van der Waals surface area contributed by atoms with E-state index in [0.717, 1.165) is 32.4 Å². The average Bonchev–Trinajstić information content (AvgIpc) is 3.16. The van der Waals surface area contributed by atoms with E-state index >= 15 is 0 Å². The first-order valence-electron chi connectivity index (χ1n) is 12.7. The summed E-state index contributed by atoms with van der Waals surface area (Å²) in [6.07, 6.45) is 1.21. The fourth-order valence-corrected chi connectivity index (χ4v) is 11.0. The van der Waals surface area contributed by atoms with E-state index in [9.17, 15) is 15.3 Å². The minimum Gasteiger partial charge on any atom is -0.392 e. The predicted molar refractivity (Wildman–Crippen MR) is 119 cm³/mol. The Morgan fingerprint density at radius 1 is 1.06 bits per heavy atom. The molecule has 0 aromatic rings. The van der Waals surface area contributed by atoms with Gasteiger partial charge in [-0.05, 0) is 31.7 Å². The minimum atomic E-state index is -1.55. The van der Waals surface area contributed by atoms with Gasteiger partial charge in [0.2, 0.25) is 0 Å². The average molecular weight is 468 g/mol. The molecule has 0 aromatic heterocycles. The van der Waals surface area contributed by atoms with Crippen molar-refractivity contribution < 1.29 is 34.3 Å². The largest absolute Gasteiger partial charge is 0.392 e. The van der Waals surface area contributed by atoms with Gasteiger partial charge in [0, 0.05) is 70.0 Å². The zero-order valence-corrected chi connectivity index (χ0v) is 20.6. The molecule has 13 atom stereocenters. The molecule has 5 saturated carbocycles. The highest BCUT2D eigenvalue weighted by molar-refractivity contribution is 5.41. The Morgan fingerprint density at radius 2 is 1.82 bits per heavy atom. The van der Waals surface area contributed by atoms with Crippen molar-refractivity contribution in [1.29, 1.82) is 0 Å². The van der Waals surface area contributed by atoms with E-state index in [-0.39, 0.29) is 41.4 Å². The zero-order valence-electron chi connectivity index (χ0n) is 20.6. The molecular formula is C25H41NO7. The summed E-state index contributed by atoms with van der Waals surface area (Å²) < 4.78 is 24.2. The van der Waals surface area contributed by atoms with Gasteiger partial charge in [-0.25, -0.2) is 0 Å². The molecule has 5 aliphatic carbocycles. The molecule has 188 valence electrons. The minimum absolute atomic E-state index is 0.00825. The number of fused-ring (bicyclic) bond motifs is 2. The van der Waals surface area contributed by atoms with E-state index in [0.29, 0.717) is 13.0 Å². The second-order valence-corrected chi connectivity index (χ2v) is 11.9. The third kappa shape index (κ3) is 2.20. The molecule has 1 spiro atoms. The third-order valence-electron chi connectivity index (χ3n) is 11.5. The predicted octanol–water partition coefficient (Wildman–Crippen LogP) is 0.271. The number of methoxy groups -OCH3 is 4. The maximum absolute atomic E-state index is 12.9. The summed E-state index contributed by atoms with van der Waals surface area (Å²) in [5.74, 6) is -0.492. The van der Waals surface area contributed by atoms with Gasteiger partial charge in [0.05, 0.1) is 37.1 Å². The number of rotatable bonds is 6. The summed E-state index contributed by atoms with van der Waals surface area (Å²) in [5.41, 5.74) is -3.70. The van der Waals surface area contributed by atoms with E-state index in [4.69, 9.17) is 18.9 Å². The Labute approximate surface area is 196 Å². The Balaban J connectivity index is 1.68. The number of ether oxygens (including phenoxy) is 4. The van der Waals surface area contributed by atoms with Crippen molar-refractivity contribution in [3.05, 3.63) is 0 Å². The van der Waals surface area contributed by atoms with Crippen molar-refractivity contribution in [3.63, 3.8) is 0 Å². The molecule has 3 N–H and O–H groups in total. The van der Waals surface area contributed by atoms with E-state index in [1.807, 2.05) is 0 Å². The van der Waals surface area contributed by atoms with Crippen LogP contribution in [0.4, 0.5) is 0 Å². The van der Waals surface area contributed by atoms with Gasteiger partial charge in [-0.2, -0.15) is 0 Å². The maximum Gasteiger partial charge on any atom is 0.136 e. The molecule has 1 heterocycles. The lowest BCUT2D eigenvalue weighted by molar-refractivity contribution is -0.318. The Kier molecular flexibility index (Phi) is 4.99. The van der Waals surface area contributed by atoms with Crippen molar-refractivity contribution in [2.75, 3.05) is 48.1 Å². The Hall–Kier alpha value is -0.320. The van der Waals surface area contributed by atoms with Crippen LogP contribution in [-0.4, -0.2) is 110 Å². The molecule has 6 rings (SSSR count). The van der Waals surface area contributed by atoms with Gasteiger partial charge in [-0.3, -0.25) is 4.90 Å². The molecule has 6 aliphatic rings. The van der Waals surface area contributed by atoms with E-state index < -0.39 is 34.7 Å². The Bertz CT molecular complexity index is 814. The molecule has 0 radical (unpaired) electrons. The van der Waals surface area contributed by atoms with Gasteiger partial charge in [-0.15, -0.1) is 0 Å². The lowest BCUT2D eigenvalue weighted by atomic mass is 9.42. The number of likely N-dealkylation sites (N-methyl/N-ethyl adjacent to an activating group) is 1. The van der Waals surface area contributed by atoms with Crippen LogP contribution in [-0.2, 0) is 18.9 Å². The van der Waals surface area contributed by atoms with Crippen molar-refractivity contribution in [2.24, 2.45) is 34.5 Å². The highest BCUT2D eigenvalue weighted by Crippen LogP contribution is 2.80. The smallest absolute Gasteiger partial charge is 0.136 e. The first-order chi connectivity index (χ1) is 15.8. The van der Waals surface area contributed by atoms with Crippen LogP contribution in [0.2, 0.25) is 0 Å². The van der Waals surface area contributed by atoms with Crippen LogP contribution in [0.15, 0.2) is 0 Å². The van der Waals surface area contributed by atoms with Crippen LogP contribution >= 0.6 is 0 Å². The number of likely N-dealkylation sites (tertiary alicyclic amines) is 1. The fourth-order valence-electron chi connectivity index (χ4n) is 11.0. The number of aliphatic hydroxyl groups excluding tert-OH is 1. The molecule has 0 amide bonds. The highest BCUT2D eigenvalue weighted by Gasteiger charge is 2.91. The summed E-state index contributed by atoms with van der Waals surface area (Å²) in [7, 11) is 6.85. The van der Waals surface area contributed by atoms with Crippen LogP contribution in [0.3, 0.4) is 0 Å². The molecule has 2 unspecified atom stereocenters. The lowest BCUT2D eigenvalue weighted by Gasteiger charge is -2.70. The van der Waals surface area contributed by atoms with Crippen LogP contribution in [0.5, 0.6) is 0 Å². The molecular weight excluding hydrogens is 426 g/mol. The van der Waals surface area contributed by atoms with Gasteiger partial charge in [0.1, 0.15) is 11.2 Å². The van der Waals surface area contributed by atoms with Crippen molar-refractivity contribution in [2.45, 2.75) is 74.3 Å².